The van der Waals surface area contributed by atoms with Crippen molar-refractivity contribution in [2.24, 2.45) is 11.8 Å². The molecule has 0 radical (unpaired) electrons. The molecule has 0 N–H and O–H groups in total. The molecule has 0 aliphatic carbocycles. The van der Waals surface area contributed by atoms with Crippen molar-refractivity contribution in [3.63, 3.8) is 0 Å². The monoisotopic (exact) mass is 354 g/mol. The molecule has 0 aliphatic heterocycles. The molecule has 2 nitrogen and oxygen atoms in total. The molecule has 0 aromatic heterocycles. The molecule has 0 aromatic rings. The van der Waals surface area contributed by atoms with Crippen LogP contribution < -0.4 is 0 Å². The zero-order chi connectivity index (χ0) is 18.8. The molecule has 0 fully saturated rings. The Morgan fingerprint density at radius 1 is 0.760 bits per heavy atom. The Kier molecular flexibility index (Phi) is 17.9. The topological polar surface area (TPSA) is 26.3 Å². The van der Waals surface area contributed by atoms with Crippen LogP contribution in [0.15, 0.2) is 0 Å². The van der Waals surface area contributed by atoms with Gasteiger partial charge in [0.15, 0.2) is 0 Å². The van der Waals surface area contributed by atoms with Gasteiger partial charge in [0.1, 0.15) is 0 Å². The molecule has 0 aliphatic rings. The van der Waals surface area contributed by atoms with E-state index in [-0.39, 0.29) is 5.97 Å². The van der Waals surface area contributed by atoms with E-state index in [9.17, 15) is 4.79 Å². The normalized spacial score (nSPS) is 13.6. The number of carbonyl (C=O) groups is 1. The van der Waals surface area contributed by atoms with E-state index in [4.69, 9.17) is 4.74 Å². The Balaban J connectivity index is 3.65. The fourth-order valence-corrected chi connectivity index (χ4v) is 3.72. The maximum absolute atomic E-state index is 11.9. The second-order valence-corrected chi connectivity index (χ2v) is 8.05. The molecule has 25 heavy (non-hydrogen) atoms. The van der Waals surface area contributed by atoms with Gasteiger partial charge in [0.05, 0.1) is 6.61 Å². The smallest absolute Gasteiger partial charge is 0.305 e. The number of hydrogen-bond donors (Lipinski definition) is 0. The third kappa shape index (κ3) is 16.7. The van der Waals surface area contributed by atoms with Crippen molar-refractivity contribution in [3.05, 3.63) is 0 Å². The highest BCUT2D eigenvalue weighted by Crippen LogP contribution is 2.21. The summed E-state index contributed by atoms with van der Waals surface area (Å²) in [5.41, 5.74) is 0. The maximum Gasteiger partial charge on any atom is 0.305 e. The molecule has 2 unspecified atom stereocenters. The number of carbonyl (C=O) groups excluding carboxylic acids is 1. The standard InChI is InChI=1S/C23H46O2/c1-5-8-9-10-11-12-13-14-15-18-23(24)25-20-22(17-7-3)19-21(4)16-6-2/h21-22H,5-20H2,1-4H3. The summed E-state index contributed by atoms with van der Waals surface area (Å²) in [5, 5.41) is 0. The van der Waals surface area contributed by atoms with Crippen LogP contribution in [-0.4, -0.2) is 12.6 Å². The number of unbranched alkanes of at least 4 members (excludes halogenated alkanes) is 8. The van der Waals surface area contributed by atoms with Gasteiger partial charge < -0.3 is 4.74 Å². The van der Waals surface area contributed by atoms with E-state index in [1.165, 1.54) is 83.5 Å². The van der Waals surface area contributed by atoms with Crippen molar-refractivity contribution in [1.82, 2.24) is 0 Å². The van der Waals surface area contributed by atoms with Gasteiger partial charge in [-0.15, -0.1) is 0 Å². The number of ether oxygens (including phenoxy) is 1. The van der Waals surface area contributed by atoms with Crippen LogP contribution in [0.25, 0.3) is 0 Å². The van der Waals surface area contributed by atoms with E-state index in [0.29, 0.717) is 18.9 Å². The van der Waals surface area contributed by atoms with E-state index in [0.717, 1.165) is 12.3 Å². The van der Waals surface area contributed by atoms with Crippen LogP contribution in [0.3, 0.4) is 0 Å². The number of rotatable bonds is 18. The average Bonchev–Trinajstić information content (AvgIpc) is 2.58. The van der Waals surface area contributed by atoms with Crippen LogP contribution in [0.1, 0.15) is 124 Å². The summed E-state index contributed by atoms with van der Waals surface area (Å²) in [6, 6.07) is 0. The lowest BCUT2D eigenvalue weighted by molar-refractivity contribution is -0.145. The van der Waals surface area contributed by atoms with E-state index in [1.54, 1.807) is 0 Å². The zero-order valence-corrected chi connectivity index (χ0v) is 17.8. The van der Waals surface area contributed by atoms with Gasteiger partial charge >= 0.3 is 5.97 Å². The molecule has 0 rings (SSSR count). The van der Waals surface area contributed by atoms with E-state index < -0.39 is 0 Å². The summed E-state index contributed by atoms with van der Waals surface area (Å²) in [7, 11) is 0. The zero-order valence-electron chi connectivity index (χ0n) is 17.8. The lowest BCUT2D eigenvalue weighted by atomic mass is 9.90. The molecule has 0 heterocycles. The predicted molar refractivity (Wildman–Crippen MR) is 110 cm³/mol. The van der Waals surface area contributed by atoms with Gasteiger partial charge in [-0.2, -0.15) is 0 Å². The first-order valence-electron chi connectivity index (χ1n) is 11.3. The van der Waals surface area contributed by atoms with Gasteiger partial charge in [0.25, 0.3) is 0 Å². The van der Waals surface area contributed by atoms with Gasteiger partial charge in [0, 0.05) is 6.42 Å². The molecular formula is C23H46O2. The molecular weight excluding hydrogens is 308 g/mol. The van der Waals surface area contributed by atoms with Crippen molar-refractivity contribution in [2.45, 2.75) is 124 Å². The van der Waals surface area contributed by atoms with Gasteiger partial charge in [-0.1, -0.05) is 98.3 Å². The summed E-state index contributed by atoms with van der Waals surface area (Å²) >= 11 is 0. The molecule has 0 saturated heterocycles. The number of esters is 1. The Bertz CT molecular complexity index is 288. The summed E-state index contributed by atoms with van der Waals surface area (Å²) in [6.45, 7) is 9.70. The van der Waals surface area contributed by atoms with Gasteiger partial charge in [-0.25, -0.2) is 0 Å². The highest BCUT2D eigenvalue weighted by atomic mass is 16.5. The van der Waals surface area contributed by atoms with E-state index in [2.05, 4.69) is 27.7 Å². The average molecular weight is 355 g/mol. The lowest BCUT2D eigenvalue weighted by Gasteiger charge is -2.20. The molecule has 2 atom stereocenters. The van der Waals surface area contributed by atoms with Crippen LogP contribution in [0, 0.1) is 11.8 Å². The molecule has 0 spiro atoms. The van der Waals surface area contributed by atoms with Crippen LogP contribution in [0.5, 0.6) is 0 Å². The predicted octanol–water partition coefficient (Wildman–Crippen LogP) is 7.69. The van der Waals surface area contributed by atoms with Crippen LogP contribution >= 0.6 is 0 Å². The fourth-order valence-electron chi connectivity index (χ4n) is 3.72. The van der Waals surface area contributed by atoms with E-state index >= 15 is 0 Å². The Labute approximate surface area is 158 Å². The van der Waals surface area contributed by atoms with Crippen LogP contribution in [0.4, 0.5) is 0 Å². The molecule has 0 saturated carbocycles. The van der Waals surface area contributed by atoms with Crippen molar-refractivity contribution >= 4 is 5.97 Å². The second-order valence-electron chi connectivity index (χ2n) is 8.05. The van der Waals surface area contributed by atoms with Gasteiger partial charge in [-0.3, -0.25) is 4.79 Å². The molecule has 0 bridgehead atoms. The van der Waals surface area contributed by atoms with Gasteiger partial charge in [0.2, 0.25) is 0 Å². The van der Waals surface area contributed by atoms with Crippen molar-refractivity contribution < 1.29 is 9.53 Å². The quantitative estimate of drug-likeness (QED) is 0.186. The third-order valence-electron chi connectivity index (χ3n) is 5.18. The summed E-state index contributed by atoms with van der Waals surface area (Å²) < 4.78 is 5.57. The highest BCUT2D eigenvalue weighted by Gasteiger charge is 2.14. The van der Waals surface area contributed by atoms with Crippen LogP contribution in [-0.2, 0) is 9.53 Å². The second kappa shape index (κ2) is 18.3. The first-order valence-corrected chi connectivity index (χ1v) is 11.3. The van der Waals surface area contributed by atoms with Crippen LogP contribution in [0.2, 0.25) is 0 Å². The fraction of sp³-hybridized carbons (Fsp3) is 0.957. The Morgan fingerprint density at radius 3 is 1.88 bits per heavy atom. The summed E-state index contributed by atoms with van der Waals surface area (Å²) in [4.78, 5) is 11.9. The molecule has 0 aromatic carbocycles. The van der Waals surface area contributed by atoms with E-state index in [1.807, 2.05) is 0 Å². The van der Waals surface area contributed by atoms with Gasteiger partial charge in [-0.05, 0) is 31.1 Å². The minimum atomic E-state index is 0.0205. The van der Waals surface area contributed by atoms with Crippen molar-refractivity contribution in [3.8, 4) is 0 Å². The number of hydrogen-bond acceptors (Lipinski definition) is 2. The Morgan fingerprint density at radius 2 is 1.32 bits per heavy atom. The first-order chi connectivity index (χ1) is 12.1. The molecule has 2 heteroatoms. The molecule has 0 amide bonds. The lowest BCUT2D eigenvalue weighted by Crippen LogP contribution is -2.16. The SMILES string of the molecule is CCCCCCCCCCCC(=O)OCC(CCC)CC(C)CCC. The maximum atomic E-state index is 11.9. The summed E-state index contributed by atoms with van der Waals surface area (Å²) in [6.07, 6.45) is 18.3. The van der Waals surface area contributed by atoms with Crippen molar-refractivity contribution in [2.75, 3.05) is 6.61 Å². The minimum Gasteiger partial charge on any atom is -0.465 e. The first kappa shape index (κ1) is 24.5. The molecule has 150 valence electrons. The van der Waals surface area contributed by atoms with Crippen molar-refractivity contribution in [1.29, 1.82) is 0 Å². The minimum absolute atomic E-state index is 0.0205. The third-order valence-corrected chi connectivity index (χ3v) is 5.18. The Hall–Kier alpha value is -0.530. The summed E-state index contributed by atoms with van der Waals surface area (Å²) in [5.74, 6) is 1.32. The highest BCUT2D eigenvalue weighted by molar-refractivity contribution is 5.69. The largest absolute Gasteiger partial charge is 0.465 e.